The van der Waals surface area contributed by atoms with Gasteiger partial charge in [-0.05, 0) is 99.4 Å². The number of benzene rings is 1. The van der Waals surface area contributed by atoms with Gasteiger partial charge in [0.25, 0.3) is 0 Å². The first kappa shape index (κ1) is 27.4. The van der Waals surface area contributed by atoms with Crippen LogP contribution in [0, 0.1) is 29.6 Å². The highest BCUT2D eigenvalue weighted by Crippen LogP contribution is 2.42. The molecule has 0 heterocycles. The molecule has 3 saturated carbocycles. The lowest BCUT2D eigenvalue weighted by Crippen LogP contribution is -2.29. The molecule has 36 heavy (non-hydrogen) atoms. The van der Waals surface area contributed by atoms with Crippen molar-refractivity contribution in [3.8, 4) is 0 Å². The summed E-state index contributed by atoms with van der Waals surface area (Å²) in [6, 6.07) is 8.11. The van der Waals surface area contributed by atoms with E-state index in [9.17, 15) is 9.59 Å². The molecule has 3 heteroatoms. The molecule has 0 aromatic heterocycles. The van der Waals surface area contributed by atoms with Crippen LogP contribution in [0.4, 0.5) is 0 Å². The second-order valence-corrected chi connectivity index (χ2v) is 12.3. The molecule has 3 nitrogen and oxygen atoms in total. The van der Waals surface area contributed by atoms with Gasteiger partial charge in [0, 0.05) is 5.56 Å². The summed E-state index contributed by atoms with van der Waals surface area (Å²) < 4.78 is 5.51. The van der Waals surface area contributed by atoms with E-state index in [0.717, 1.165) is 49.4 Å². The van der Waals surface area contributed by atoms with Crippen molar-refractivity contribution in [3.05, 3.63) is 35.4 Å². The Morgan fingerprint density at radius 3 is 1.72 bits per heavy atom. The molecular weight excluding hydrogens is 444 g/mol. The smallest absolute Gasteiger partial charge is 0.309 e. The van der Waals surface area contributed by atoms with Crippen LogP contribution in [0.2, 0.25) is 0 Å². The van der Waals surface area contributed by atoms with E-state index < -0.39 is 0 Å². The third kappa shape index (κ3) is 7.45. The number of esters is 1. The van der Waals surface area contributed by atoms with Gasteiger partial charge >= 0.3 is 5.97 Å². The van der Waals surface area contributed by atoms with E-state index in [1.165, 1.54) is 82.6 Å². The van der Waals surface area contributed by atoms with Gasteiger partial charge in [-0.2, -0.15) is 0 Å². The van der Waals surface area contributed by atoms with Crippen molar-refractivity contribution in [1.29, 1.82) is 0 Å². The predicted octanol–water partition coefficient (Wildman–Crippen LogP) is 8.90. The second-order valence-electron chi connectivity index (χ2n) is 12.3. The first-order valence-corrected chi connectivity index (χ1v) is 15.4. The van der Waals surface area contributed by atoms with Crippen molar-refractivity contribution < 1.29 is 14.3 Å². The minimum Gasteiger partial charge on any atom is -0.457 e. The lowest BCUT2D eigenvalue weighted by molar-refractivity contribution is -0.149. The van der Waals surface area contributed by atoms with E-state index in [2.05, 4.69) is 26.0 Å². The fourth-order valence-electron chi connectivity index (χ4n) is 7.65. The SMILES string of the molecule is CCCC1CCC(c2ccc(C(=O)COC(=O)C3CCC(C4CCC(CCC)CC4)CC3)cc2)CC1. The fraction of sp³-hybridized carbons (Fsp3) is 0.758. The zero-order chi connectivity index (χ0) is 25.3. The summed E-state index contributed by atoms with van der Waals surface area (Å²) >= 11 is 0. The van der Waals surface area contributed by atoms with Crippen LogP contribution in [0.25, 0.3) is 0 Å². The molecule has 200 valence electrons. The van der Waals surface area contributed by atoms with Crippen molar-refractivity contribution in [2.75, 3.05) is 6.61 Å². The number of hydrogen-bond donors (Lipinski definition) is 0. The summed E-state index contributed by atoms with van der Waals surface area (Å²) in [6.07, 6.45) is 20.3. The van der Waals surface area contributed by atoms with Gasteiger partial charge in [-0.25, -0.2) is 0 Å². The summed E-state index contributed by atoms with van der Waals surface area (Å²) in [5.41, 5.74) is 2.02. The normalized spacial score (nSPS) is 31.1. The van der Waals surface area contributed by atoms with Gasteiger partial charge in [0.05, 0.1) is 5.92 Å². The Labute approximate surface area is 220 Å². The zero-order valence-corrected chi connectivity index (χ0v) is 23.0. The maximum atomic E-state index is 12.7. The fourth-order valence-corrected chi connectivity index (χ4v) is 7.65. The van der Waals surface area contributed by atoms with E-state index in [-0.39, 0.29) is 24.3 Å². The molecule has 0 aliphatic heterocycles. The van der Waals surface area contributed by atoms with Crippen molar-refractivity contribution in [2.24, 2.45) is 29.6 Å². The van der Waals surface area contributed by atoms with Crippen molar-refractivity contribution in [2.45, 2.75) is 122 Å². The van der Waals surface area contributed by atoms with Crippen LogP contribution in [-0.2, 0) is 9.53 Å². The second kappa shape index (κ2) is 13.8. The number of carbonyl (C=O) groups excluding carboxylic acids is 2. The minimum absolute atomic E-state index is 0.0179. The lowest BCUT2D eigenvalue weighted by Gasteiger charge is -2.37. The molecule has 1 aromatic rings. The zero-order valence-electron chi connectivity index (χ0n) is 23.0. The minimum atomic E-state index is -0.158. The van der Waals surface area contributed by atoms with Gasteiger partial charge in [-0.15, -0.1) is 0 Å². The third-order valence-corrected chi connectivity index (χ3v) is 9.95. The Morgan fingerprint density at radius 1 is 0.694 bits per heavy atom. The maximum absolute atomic E-state index is 12.7. The standard InChI is InChI=1S/C33H50O3/c1-3-5-24-7-11-26(12-8-24)28-15-19-30(20-16-28)32(34)23-36-33(35)31-21-17-29(18-22-31)27-13-9-25(6-4-2)10-14-27/h15-16,19-20,24-27,29,31H,3-14,17-18,21-23H2,1-2H3. The summed E-state index contributed by atoms with van der Waals surface area (Å²) in [6.45, 7) is 4.46. The third-order valence-electron chi connectivity index (χ3n) is 9.95. The van der Waals surface area contributed by atoms with Gasteiger partial charge in [0.2, 0.25) is 0 Å². The van der Waals surface area contributed by atoms with Crippen molar-refractivity contribution in [3.63, 3.8) is 0 Å². The first-order valence-electron chi connectivity index (χ1n) is 15.4. The van der Waals surface area contributed by atoms with Crippen LogP contribution in [0.15, 0.2) is 24.3 Å². The van der Waals surface area contributed by atoms with E-state index in [0.29, 0.717) is 11.5 Å². The molecule has 3 aliphatic carbocycles. The molecule has 3 fully saturated rings. The van der Waals surface area contributed by atoms with Crippen LogP contribution >= 0.6 is 0 Å². The molecule has 0 atom stereocenters. The summed E-state index contributed by atoms with van der Waals surface area (Å²) in [5.74, 6) is 3.88. The average molecular weight is 495 g/mol. The molecule has 3 aliphatic rings. The maximum Gasteiger partial charge on any atom is 0.309 e. The highest BCUT2D eigenvalue weighted by Gasteiger charge is 2.33. The molecular formula is C33H50O3. The Hall–Kier alpha value is -1.64. The Balaban J connectivity index is 1.16. The largest absolute Gasteiger partial charge is 0.457 e. The topological polar surface area (TPSA) is 43.4 Å². The van der Waals surface area contributed by atoms with Crippen LogP contribution in [0.3, 0.4) is 0 Å². The molecule has 0 saturated heterocycles. The molecule has 0 unspecified atom stereocenters. The number of ketones is 1. The van der Waals surface area contributed by atoms with E-state index in [4.69, 9.17) is 4.74 Å². The molecule has 0 bridgehead atoms. The highest BCUT2D eigenvalue weighted by atomic mass is 16.5. The van der Waals surface area contributed by atoms with E-state index >= 15 is 0 Å². The Bertz CT molecular complexity index is 804. The van der Waals surface area contributed by atoms with E-state index in [1.54, 1.807) is 0 Å². The molecule has 4 rings (SSSR count). The molecule has 0 radical (unpaired) electrons. The number of carbonyl (C=O) groups is 2. The Morgan fingerprint density at radius 2 is 1.19 bits per heavy atom. The summed E-state index contributed by atoms with van der Waals surface area (Å²) in [7, 11) is 0. The summed E-state index contributed by atoms with van der Waals surface area (Å²) in [4.78, 5) is 25.4. The van der Waals surface area contributed by atoms with Gasteiger partial charge in [0.15, 0.2) is 12.4 Å². The van der Waals surface area contributed by atoms with Gasteiger partial charge in [-0.3, -0.25) is 9.59 Å². The number of hydrogen-bond acceptors (Lipinski definition) is 3. The van der Waals surface area contributed by atoms with E-state index in [1.807, 2.05) is 12.1 Å². The predicted molar refractivity (Wildman–Crippen MR) is 147 cm³/mol. The highest BCUT2D eigenvalue weighted by molar-refractivity contribution is 5.98. The quantitative estimate of drug-likeness (QED) is 0.241. The van der Waals surface area contributed by atoms with Crippen molar-refractivity contribution in [1.82, 2.24) is 0 Å². The van der Waals surface area contributed by atoms with Crippen LogP contribution in [-0.4, -0.2) is 18.4 Å². The summed E-state index contributed by atoms with van der Waals surface area (Å²) in [5, 5.41) is 0. The molecule has 1 aromatic carbocycles. The van der Waals surface area contributed by atoms with Gasteiger partial charge in [-0.1, -0.05) is 76.6 Å². The van der Waals surface area contributed by atoms with Gasteiger partial charge in [0.1, 0.15) is 0 Å². The van der Waals surface area contributed by atoms with Gasteiger partial charge < -0.3 is 4.74 Å². The molecule has 0 amide bonds. The first-order chi connectivity index (χ1) is 17.6. The monoisotopic (exact) mass is 494 g/mol. The van der Waals surface area contributed by atoms with Crippen LogP contribution in [0.5, 0.6) is 0 Å². The van der Waals surface area contributed by atoms with Crippen LogP contribution < -0.4 is 0 Å². The molecule has 0 spiro atoms. The lowest BCUT2D eigenvalue weighted by atomic mass is 9.69. The van der Waals surface area contributed by atoms with Crippen molar-refractivity contribution >= 4 is 11.8 Å². The molecule has 0 N–H and O–H groups in total. The number of rotatable bonds is 10. The Kier molecular flexibility index (Phi) is 10.5. The number of ether oxygens (including phenoxy) is 1. The van der Waals surface area contributed by atoms with Crippen LogP contribution in [0.1, 0.15) is 138 Å². The average Bonchev–Trinajstić information content (AvgIpc) is 2.93. The number of Topliss-reactive ketones (excluding diaryl/α,β-unsaturated/α-hetero) is 1.